The summed E-state index contributed by atoms with van der Waals surface area (Å²) in [6.45, 7) is 5.79. The number of fused-ring (bicyclic) bond motifs is 1. The highest BCUT2D eigenvalue weighted by molar-refractivity contribution is 7.12. The molecule has 0 aliphatic carbocycles. The summed E-state index contributed by atoms with van der Waals surface area (Å²) in [6, 6.07) is 2.01. The Morgan fingerprint density at radius 3 is 3.11 bits per heavy atom. The van der Waals surface area contributed by atoms with Gasteiger partial charge in [-0.2, -0.15) is 0 Å². The van der Waals surface area contributed by atoms with Gasteiger partial charge in [0.1, 0.15) is 0 Å². The second-order valence-corrected chi connectivity index (χ2v) is 6.37. The van der Waals surface area contributed by atoms with E-state index in [-0.39, 0.29) is 12.0 Å². The Morgan fingerprint density at radius 2 is 2.39 bits per heavy atom. The number of carbonyl (C=O) groups excluding carboxylic acids is 1. The van der Waals surface area contributed by atoms with E-state index < -0.39 is 0 Å². The van der Waals surface area contributed by atoms with Crippen LogP contribution in [0.5, 0.6) is 0 Å². The molecule has 2 aliphatic rings. The quantitative estimate of drug-likeness (QED) is 0.781. The first-order valence-electron chi connectivity index (χ1n) is 6.64. The summed E-state index contributed by atoms with van der Waals surface area (Å²) in [5.41, 5.74) is 1.09. The summed E-state index contributed by atoms with van der Waals surface area (Å²) in [5.74, 6) is 0.845. The van der Waals surface area contributed by atoms with E-state index in [4.69, 9.17) is 4.74 Å². The number of hydrogen-bond donors (Lipinski definition) is 0. The van der Waals surface area contributed by atoms with Crippen molar-refractivity contribution in [2.75, 3.05) is 13.1 Å². The van der Waals surface area contributed by atoms with Crippen LogP contribution in [0.2, 0.25) is 0 Å². The van der Waals surface area contributed by atoms with Crippen molar-refractivity contribution >= 4 is 17.2 Å². The average molecular weight is 265 g/mol. The molecule has 2 fully saturated rings. The molecule has 0 bridgehead atoms. The SMILES string of the molecule is Cc1ccsc1C(=O)N1CC[C@@H]2C[C@@H](C)O[C@H]2C1. The summed E-state index contributed by atoms with van der Waals surface area (Å²) in [4.78, 5) is 15.3. The molecule has 4 heteroatoms. The minimum atomic E-state index is 0.184. The fraction of sp³-hybridized carbons (Fsp3) is 0.643. The third-order valence-electron chi connectivity index (χ3n) is 4.08. The molecule has 0 saturated carbocycles. The molecule has 2 aliphatic heterocycles. The van der Waals surface area contributed by atoms with E-state index in [1.807, 2.05) is 23.3 Å². The van der Waals surface area contributed by atoms with Crippen LogP contribution < -0.4 is 0 Å². The number of piperidine rings is 1. The second kappa shape index (κ2) is 4.67. The number of nitrogens with zero attached hydrogens (tertiary/aromatic N) is 1. The number of ether oxygens (including phenoxy) is 1. The number of thiophene rings is 1. The molecule has 3 atom stereocenters. The summed E-state index contributed by atoms with van der Waals surface area (Å²) in [5, 5.41) is 1.99. The van der Waals surface area contributed by atoms with Crippen LogP contribution in [0, 0.1) is 12.8 Å². The van der Waals surface area contributed by atoms with E-state index in [0.29, 0.717) is 12.0 Å². The van der Waals surface area contributed by atoms with E-state index in [9.17, 15) is 4.79 Å². The molecule has 18 heavy (non-hydrogen) atoms. The first kappa shape index (κ1) is 12.2. The minimum absolute atomic E-state index is 0.184. The lowest BCUT2D eigenvalue weighted by atomic mass is 9.92. The number of hydrogen-bond acceptors (Lipinski definition) is 3. The third kappa shape index (κ3) is 2.08. The van der Waals surface area contributed by atoms with Gasteiger partial charge in [0, 0.05) is 13.1 Å². The van der Waals surface area contributed by atoms with Crippen LogP contribution >= 0.6 is 11.3 Å². The number of amides is 1. The van der Waals surface area contributed by atoms with E-state index in [1.54, 1.807) is 11.3 Å². The number of likely N-dealkylation sites (tertiary alicyclic amines) is 1. The zero-order valence-electron chi connectivity index (χ0n) is 10.9. The van der Waals surface area contributed by atoms with Crippen LogP contribution in [-0.2, 0) is 4.74 Å². The zero-order chi connectivity index (χ0) is 12.7. The maximum absolute atomic E-state index is 12.4. The molecule has 3 rings (SSSR count). The highest BCUT2D eigenvalue weighted by Gasteiger charge is 2.38. The van der Waals surface area contributed by atoms with E-state index >= 15 is 0 Å². The van der Waals surface area contributed by atoms with Crippen LogP contribution in [0.3, 0.4) is 0 Å². The number of carbonyl (C=O) groups is 1. The smallest absolute Gasteiger partial charge is 0.264 e. The second-order valence-electron chi connectivity index (χ2n) is 5.45. The first-order valence-corrected chi connectivity index (χ1v) is 7.52. The first-order chi connectivity index (χ1) is 8.65. The molecule has 0 radical (unpaired) electrons. The lowest BCUT2D eigenvalue weighted by molar-refractivity contribution is 0.00170. The van der Waals surface area contributed by atoms with Gasteiger partial charge in [0.15, 0.2) is 0 Å². The number of aryl methyl sites for hydroxylation is 1. The van der Waals surface area contributed by atoms with Crippen molar-refractivity contribution in [2.24, 2.45) is 5.92 Å². The highest BCUT2D eigenvalue weighted by Crippen LogP contribution is 2.33. The van der Waals surface area contributed by atoms with Gasteiger partial charge in [0.05, 0.1) is 17.1 Å². The lowest BCUT2D eigenvalue weighted by Gasteiger charge is -2.34. The summed E-state index contributed by atoms with van der Waals surface area (Å²) < 4.78 is 5.90. The van der Waals surface area contributed by atoms with E-state index in [1.165, 1.54) is 0 Å². The Labute approximate surface area is 112 Å². The molecule has 0 N–H and O–H groups in total. The third-order valence-corrected chi connectivity index (χ3v) is 5.09. The summed E-state index contributed by atoms with van der Waals surface area (Å²) >= 11 is 1.55. The Bertz CT molecular complexity index is 456. The fourth-order valence-electron chi connectivity index (χ4n) is 3.09. The maximum atomic E-state index is 12.4. The molecular formula is C14H19NO2S. The fourth-order valence-corrected chi connectivity index (χ4v) is 3.98. The van der Waals surface area contributed by atoms with Crippen LogP contribution in [0.4, 0.5) is 0 Å². The van der Waals surface area contributed by atoms with Crippen molar-refractivity contribution in [3.8, 4) is 0 Å². The molecule has 0 unspecified atom stereocenters. The molecule has 1 amide bonds. The molecule has 0 aromatic carbocycles. The summed E-state index contributed by atoms with van der Waals surface area (Å²) in [6.07, 6.45) is 2.87. The predicted molar refractivity (Wildman–Crippen MR) is 72.0 cm³/mol. The Kier molecular flexibility index (Phi) is 3.16. The standard InChI is InChI=1S/C14H19NO2S/c1-9-4-6-18-13(9)14(16)15-5-3-11-7-10(2)17-12(11)8-15/h4,6,10-12H,3,5,7-8H2,1-2H3/t10-,11-,12+/m1/s1. The van der Waals surface area contributed by atoms with Crippen molar-refractivity contribution < 1.29 is 9.53 Å². The molecule has 98 valence electrons. The van der Waals surface area contributed by atoms with Crippen LogP contribution in [0.25, 0.3) is 0 Å². The van der Waals surface area contributed by atoms with Gasteiger partial charge in [0.25, 0.3) is 5.91 Å². The van der Waals surface area contributed by atoms with Crippen molar-refractivity contribution in [3.05, 3.63) is 21.9 Å². The van der Waals surface area contributed by atoms with Crippen molar-refractivity contribution in [1.82, 2.24) is 4.90 Å². The largest absolute Gasteiger partial charge is 0.373 e. The van der Waals surface area contributed by atoms with Crippen LogP contribution in [-0.4, -0.2) is 36.1 Å². The summed E-state index contributed by atoms with van der Waals surface area (Å²) in [7, 11) is 0. The molecule has 0 spiro atoms. The molecule has 1 aromatic heterocycles. The Morgan fingerprint density at radius 1 is 1.56 bits per heavy atom. The van der Waals surface area contributed by atoms with Gasteiger partial charge in [-0.15, -0.1) is 11.3 Å². The Hall–Kier alpha value is -0.870. The van der Waals surface area contributed by atoms with Gasteiger partial charge in [-0.05, 0) is 49.6 Å². The monoisotopic (exact) mass is 265 g/mol. The van der Waals surface area contributed by atoms with Gasteiger partial charge in [-0.1, -0.05) is 0 Å². The maximum Gasteiger partial charge on any atom is 0.264 e. The van der Waals surface area contributed by atoms with Crippen molar-refractivity contribution in [3.63, 3.8) is 0 Å². The Balaban J connectivity index is 1.71. The van der Waals surface area contributed by atoms with Gasteiger partial charge in [0.2, 0.25) is 0 Å². The highest BCUT2D eigenvalue weighted by atomic mass is 32.1. The minimum Gasteiger partial charge on any atom is -0.373 e. The van der Waals surface area contributed by atoms with Crippen molar-refractivity contribution in [1.29, 1.82) is 0 Å². The van der Waals surface area contributed by atoms with Gasteiger partial charge in [-0.25, -0.2) is 0 Å². The average Bonchev–Trinajstić information content (AvgIpc) is 2.91. The molecule has 2 saturated heterocycles. The van der Waals surface area contributed by atoms with Crippen LogP contribution in [0.1, 0.15) is 35.0 Å². The van der Waals surface area contributed by atoms with Gasteiger partial charge >= 0.3 is 0 Å². The zero-order valence-corrected chi connectivity index (χ0v) is 11.7. The normalized spacial score (nSPS) is 31.4. The molecular weight excluding hydrogens is 246 g/mol. The molecule has 3 heterocycles. The van der Waals surface area contributed by atoms with Crippen LogP contribution in [0.15, 0.2) is 11.4 Å². The van der Waals surface area contributed by atoms with Gasteiger partial charge < -0.3 is 9.64 Å². The molecule has 1 aromatic rings. The number of rotatable bonds is 1. The lowest BCUT2D eigenvalue weighted by Crippen LogP contribution is -2.45. The van der Waals surface area contributed by atoms with E-state index in [2.05, 4.69) is 6.92 Å². The van der Waals surface area contributed by atoms with E-state index in [0.717, 1.165) is 36.4 Å². The molecule has 3 nitrogen and oxygen atoms in total. The predicted octanol–water partition coefficient (Wildman–Crippen LogP) is 2.70. The topological polar surface area (TPSA) is 29.5 Å². The van der Waals surface area contributed by atoms with Gasteiger partial charge in [-0.3, -0.25) is 4.79 Å². The van der Waals surface area contributed by atoms with Crippen molar-refractivity contribution in [2.45, 2.75) is 38.9 Å².